The van der Waals surface area contributed by atoms with Crippen molar-refractivity contribution >= 4 is 16.8 Å². The molecule has 1 aromatic carbocycles. The third-order valence-corrected chi connectivity index (χ3v) is 3.51. The maximum Gasteiger partial charge on any atom is 0.257 e. The van der Waals surface area contributed by atoms with E-state index in [2.05, 4.69) is 4.98 Å². The maximum atomic E-state index is 12.4. The van der Waals surface area contributed by atoms with Crippen LogP contribution in [0.2, 0.25) is 0 Å². The number of carbonyl (C=O) groups is 1. The first kappa shape index (κ1) is 12.9. The molecule has 1 aliphatic rings. The van der Waals surface area contributed by atoms with Crippen molar-refractivity contribution in [1.82, 2.24) is 9.88 Å². The minimum atomic E-state index is -0.159. The zero-order valence-corrected chi connectivity index (χ0v) is 11.3. The number of rotatable bonds is 1. The van der Waals surface area contributed by atoms with Crippen molar-refractivity contribution in [3.63, 3.8) is 0 Å². The lowest BCUT2D eigenvalue weighted by molar-refractivity contribution is 0.0301. The van der Waals surface area contributed by atoms with E-state index in [-0.39, 0.29) is 11.7 Å². The van der Waals surface area contributed by atoms with E-state index in [9.17, 15) is 9.90 Å². The molecule has 1 fully saturated rings. The Morgan fingerprint density at radius 2 is 2.00 bits per heavy atom. The number of phenolic OH excluding ortho intramolecular Hbond substituents is 1. The molecule has 0 bridgehead atoms. The van der Waals surface area contributed by atoms with Crippen LogP contribution in [0.15, 0.2) is 24.3 Å². The van der Waals surface area contributed by atoms with Gasteiger partial charge in [0.2, 0.25) is 0 Å². The standard InChI is InChI=1S/C15H16N2O3/c1-10-2-3-11-13(16-10)5-4-12(14(11)18)15(19)17-6-8-20-9-7-17/h2-5,18H,6-9H2,1H3. The van der Waals surface area contributed by atoms with Gasteiger partial charge in [-0.1, -0.05) is 0 Å². The summed E-state index contributed by atoms with van der Waals surface area (Å²) in [5.41, 5.74) is 1.90. The van der Waals surface area contributed by atoms with E-state index in [1.165, 1.54) is 0 Å². The van der Waals surface area contributed by atoms with Gasteiger partial charge < -0.3 is 14.7 Å². The Bertz CT molecular complexity index is 663. The SMILES string of the molecule is Cc1ccc2c(O)c(C(=O)N3CCOCC3)ccc2n1. The predicted molar refractivity (Wildman–Crippen MR) is 74.9 cm³/mol. The van der Waals surface area contributed by atoms with Gasteiger partial charge >= 0.3 is 0 Å². The van der Waals surface area contributed by atoms with Crippen LogP contribution in [-0.4, -0.2) is 47.2 Å². The molecule has 2 aromatic rings. The fourth-order valence-corrected chi connectivity index (χ4v) is 2.40. The summed E-state index contributed by atoms with van der Waals surface area (Å²) in [5, 5.41) is 10.9. The van der Waals surface area contributed by atoms with Gasteiger partial charge in [-0.2, -0.15) is 0 Å². The number of pyridine rings is 1. The van der Waals surface area contributed by atoms with Gasteiger partial charge in [-0.25, -0.2) is 0 Å². The summed E-state index contributed by atoms with van der Waals surface area (Å²) in [5.74, 6) is -0.153. The Kier molecular flexibility index (Phi) is 3.28. The Morgan fingerprint density at radius 1 is 1.25 bits per heavy atom. The van der Waals surface area contributed by atoms with Crippen molar-refractivity contribution in [2.24, 2.45) is 0 Å². The lowest BCUT2D eigenvalue weighted by Gasteiger charge is -2.27. The highest BCUT2D eigenvalue weighted by atomic mass is 16.5. The number of aryl methyl sites for hydroxylation is 1. The number of fused-ring (bicyclic) bond motifs is 1. The quantitative estimate of drug-likeness (QED) is 0.858. The summed E-state index contributed by atoms with van der Waals surface area (Å²) in [6.45, 7) is 4.09. The van der Waals surface area contributed by atoms with Crippen LogP contribution in [0.1, 0.15) is 16.1 Å². The monoisotopic (exact) mass is 272 g/mol. The number of aromatic nitrogens is 1. The van der Waals surface area contributed by atoms with Gasteiger partial charge in [-0.3, -0.25) is 9.78 Å². The third kappa shape index (κ3) is 2.20. The first-order valence-corrected chi connectivity index (χ1v) is 6.63. The molecule has 1 amide bonds. The number of carbonyl (C=O) groups excluding carboxylic acids is 1. The fraction of sp³-hybridized carbons (Fsp3) is 0.333. The van der Waals surface area contributed by atoms with Crippen LogP contribution in [0.3, 0.4) is 0 Å². The molecule has 1 N–H and O–H groups in total. The topological polar surface area (TPSA) is 62.7 Å². The molecule has 104 valence electrons. The third-order valence-electron chi connectivity index (χ3n) is 3.51. The molecular formula is C15H16N2O3. The number of morpholine rings is 1. The molecule has 1 aromatic heterocycles. The van der Waals surface area contributed by atoms with Gasteiger partial charge in [-0.05, 0) is 31.2 Å². The van der Waals surface area contributed by atoms with Gasteiger partial charge in [0.25, 0.3) is 5.91 Å². The van der Waals surface area contributed by atoms with Crippen molar-refractivity contribution < 1.29 is 14.6 Å². The van der Waals surface area contributed by atoms with Crippen molar-refractivity contribution in [2.45, 2.75) is 6.92 Å². The molecule has 2 heterocycles. The molecule has 3 rings (SSSR count). The molecule has 5 heteroatoms. The summed E-state index contributed by atoms with van der Waals surface area (Å²) in [6.07, 6.45) is 0. The van der Waals surface area contributed by atoms with Gasteiger partial charge in [0.15, 0.2) is 0 Å². The molecule has 5 nitrogen and oxygen atoms in total. The van der Waals surface area contributed by atoms with Crippen LogP contribution in [0.5, 0.6) is 5.75 Å². The van der Waals surface area contributed by atoms with Gasteiger partial charge in [0, 0.05) is 24.2 Å². The van der Waals surface area contributed by atoms with E-state index in [0.29, 0.717) is 42.8 Å². The molecule has 0 unspecified atom stereocenters. The van der Waals surface area contributed by atoms with Gasteiger partial charge in [-0.15, -0.1) is 0 Å². The molecule has 0 spiro atoms. The van der Waals surface area contributed by atoms with Crippen LogP contribution < -0.4 is 0 Å². The molecule has 0 saturated carbocycles. The van der Waals surface area contributed by atoms with Crippen molar-refractivity contribution in [3.05, 3.63) is 35.5 Å². The molecule has 1 saturated heterocycles. The Labute approximate surface area is 116 Å². The van der Waals surface area contributed by atoms with E-state index in [1.807, 2.05) is 13.0 Å². The van der Waals surface area contributed by atoms with E-state index >= 15 is 0 Å². The normalized spacial score (nSPS) is 15.6. The number of benzene rings is 1. The Balaban J connectivity index is 2.01. The average molecular weight is 272 g/mol. The average Bonchev–Trinajstić information content (AvgIpc) is 2.48. The number of aromatic hydroxyl groups is 1. The Hall–Kier alpha value is -2.14. The van der Waals surface area contributed by atoms with Crippen LogP contribution in [-0.2, 0) is 4.74 Å². The van der Waals surface area contributed by atoms with E-state index in [1.54, 1.807) is 23.1 Å². The van der Waals surface area contributed by atoms with Crippen molar-refractivity contribution in [3.8, 4) is 5.75 Å². The number of amides is 1. The van der Waals surface area contributed by atoms with Crippen LogP contribution in [0.25, 0.3) is 10.9 Å². The van der Waals surface area contributed by atoms with Crippen molar-refractivity contribution in [1.29, 1.82) is 0 Å². The molecular weight excluding hydrogens is 256 g/mol. The lowest BCUT2D eigenvalue weighted by Crippen LogP contribution is -2.40. The molecule has 20 heavy (non-hydrogen) atoms. The van der Waals surface area contributed by atoms with E-state index < -0.39 is 0 Å². The van der Waals surface area contributed by atoms with Crippen LogP contribution in [0.4, 0.5) is 0 Å². The second-order valence-corrected chi connectivity index (χ2v) is 4.89. The summed E-state index contributed by atoms with van der Waals surface area (Å²) in [7, 11) is 0. The number of phenols is 1. The van der Waals surface area contributed by atoms with Crippen molar-refractivity contribution in [2.75, 3.05) is 26.3 Å². The number of hydrogen-bond acceptors (Lipinski definition) is 4. The summed E-state index contributed by atoms with van der Waals surface area (Å²) in [6, 6.07) is 7.03. The Morgan fingerprint density at radius 3 is 2.75 bits per heavy atom. The van der Waals surface area contributed by atoms with Crippen LogP contribution >= 0.6 is 0 Å². The van der Waals surface area contributed by atoms with Crippen LogP contribution in [0, 0.1) is 6.92 Å². The van der Waals surface area contributed by atoms with Gasteiger partial charge in [0.1, 0.15) is 5.75 Å². The first-order chi connectivity index (χ1) is 9.66. The fourth-order valence-electron chi connectivity index (χ4n) is 2.40. The van der Waals surface area contributed by atoms with E-state index in [0.717, 1.165) is 5.69 Å². The lowest BCUT2D eigenvalue weighted by atomic mass is 10.1. The number of hydrogen-bond donors (Lipinski definition) is 1. The molecule has 1 aliphatic heterocycles. The summed E-state index contributed by atoms with van der Waals surface area (Å²) in [4.78, 5) is 18.5. The second kappa shape index (κ2) is 5.09. The zero-order chi connectivity index (χ0) is 14.1. The minimum Gasteiger partial charge on any atom is -0.506 e. The highest BCUT2D eigenvalue weighted by molar-refractivity contribution is 6.02. The highest BCUT2D eigenvalue weighted by Gasteiger charge is 2.22. The highest BCUT2D eigenvalue weighted by Crippen LogP contribution is 2.29. The summed E-state index contributed by atoms with van der Waals surface area (Å²) >= 11 is 0. The molecule has 0 atom stereocenters. The zero-order valence-electron chi connectivity index (χ0n) is 11.3. The maximum absolute atomic E-state index is 12.4. The predicted octanol–water partition coefficient (Wildman–Crippen LogP) is 1.72. The first-order valence-electron chi connectivity index (χ1n) is 6.63. The largest absolute Gasteiger partial charge is 0.506 e. The number of nitrogens with zero attached hydrogens (tertiary/aromatic N) is 2. The summed E-state index contributed by atoms with van der Waals surface area (Å²) < 4.78 is 5.23. The van der Waals surface area contributed by atoms with Gasteiger partial charge in [0.05, 0.1) is 24.3 Å². The minimum absolute atomic E-state index is 0.00601. The second-order valence-electron chi connectivity index (χ2n) is 4.89. The van der Waals surface area contributed by atoms with E-state index in [4.69, 9.17) is 4.74 Å². The number of ether oxygens (including phenoxy) is 1. The molecule has 0 aliphatic carbocycles. The molecule has 0 radical (unpaired) electrons. The smallest absolute Gasteiger partial charge is 0.257 e.